The van der Waals surface area contributed by atoms with E-state index in [1.165, 1.54) is 18.4 Å². The molecule has 0 bridgehead atoms. The van der Waals surface area contributed by atoms with Crippen LogP contribution in [0.25, 0.3) is 0 Å². The Balaban J connectivity index is 0.000000677. The van der Waals surface area contributed by atoms with Gasteiger partial charge in [-0.2, -0.15) is 0 Å². The summed E-state index contributed by atoms with van der Waals surface area (Å²) < 4.78 is 0. The molecule has 1 aliphatic carbocycles. The molecule has 1 aromatic rings. The Morgan fingerprint density at radius 3 is 2.43 bits per heavy atom. The number of aryl methyl sites for hydroxylation is 1. The van der Waals surface area contributed by atoms with Crippen LogP contribution in [0, 0.1) is 6.92 Å². The second-order valence-corrected chi connectivity index (χ2v) is 9.80. The first kappa shape index (κ1) is 19.2. The maximum absolute atomic E-state index is 10.4. The van der Waals surface area contributed by atoms with E-state index in [1.807, 2.05) is 12.3 Å². The zero-order chi connectivity index (χ0) is 16.0. The molecule has 2 rings (SSSR count). The number of phenolic OH excluding ortho intramolecular Hbond substituents is 1. The van der Waals surface area contributed by atoms with Crippen molar-refractivity contribution in [2.75, 3.05) is 0 Å². The Morgan fingerprint density at radius 2 is 1.95 bits per heavy atom. The van der Waals surface area contributed by atoms with E-state index in [4.69, 9.17) is 17.0 Å². The molecule has 2 nitrogen and oxygen atoms in total. The van der Waals surface area contributed by atoms with Crippen LogP contribution in [-0.2, 0) is 26.3 Å². The Hall–Kier alpha value is 0.153. The summed E-state index contributed by atoms with van der Waals surface area (Å²) in [5.74, 6) is 0.400. The predicted octanol–water partition coefficient (Wildman–Crippen LogP) is 5.35. The Labute approximate surface area is 146 Å². The molecule has 0 amide bonds. The molecule has 1 N–H and O–H groups in total. The first-order chi connectivity index (χ1) is 9.85. The monoisotopic (exact) mass is 405 g/mol. The first-order valence-electron chi connectivity index (χ1n) is 7.19. The van der Waals surface area contributed by atoms with Gasteiger partial charge in [0.05, 0.1) is 6.04 Å². The molecule has 1 saturated carbocycles. The summed E-state index contributed by atoms with van der Waals surface area (Å²) in [6.07, 6.45) is 5.23. The number of nitrogens with zero attached hydrogens (tertiary/aromatic N) is 1. The van der Waals surface area contributed by atoms with E-state index in [-0.39, 0.29) is 5.41 Å². The van der Waals surface area contributed by atoms with Crippen LogP contribution in [0.15, 0.2) is 17.1 Å². The van der Waals surface area contributed by atoms with Crippen molar-refractivity contribution in [3.63, 3.8) is 0 Å². The second-order valence-electron chi connectivity index (χ2n) is 6.07. The Bertz CT molecular complexity index is 499. The summed E-state index contributed by atoms with van der Waals surface area (Å²) in [5.41, 5.74) is 3.07. The van der Waals surface area contributed by atoms with Crippen LogP contribution in [0.5, 0.6) is 5.75 Å². The van der Waals surface area contributed by atoms with Gasteiger partial charge in [-0.3, -0.25) is 4.99 Å². The van der Waals surface area contributed by atoms with Crippen molar-refractivity contribution in [1.82, 2.24) is 0 Å². The molecule has 0 saturated heterocycles. The summed E-state index contributed by atoms with van der Waals surface area (Å²) in [7, 11) is 9.87. The third-order valence-corrected chi connectivity index (χ3v) is 3.87. The van der Waals surface area contributed by atoms with Crippen molar-refractivity contribution < 1.29 is 26.0 Å². The number of hydrogen-bond acceptors (Lipinski definition) is 2. The summed E-state index contributed by atoms with van der Waals surface area (Å²) >= 11 is -0.826. The number of rotatable bonds is 4. The minimum atomic E-state index is -0.826. The van der Waals surface area contributed by atoms with Crippen molar-refractivity contribution in [3.8, 4) is 5.75 Å². The summed E-state index contributed by atoms with van der Waals surface area (Å²) in [4.78, 5) is 4.47. The van der Waals surface area contributed by atoms with Gasteiger partial charge in [0.1, 0.15) is 5.75 Å². The number of phenols is 1. The molecule has 1 aromatic carbocycles. The van der Waals surface area contributed by atoms with Crippen molar-refractivity contribution in [1.29, 1.82) is 0 Å². The van der Waals surface area contributed by atoms with E-state index < -0.39 is 20.8 Å². The van der Waals surface area contributed by atoms with Gasteiger partial charge in [-0.25, -0.2) is 0 Å². The summed E-state index contributed by atoms with van der Waals surface area (Å²) in [6.45, 7) is 8.56. The van der Waals surface area contributed by atoms with Gasteiger partial charge < -0.3 is 5.11 Å². The van der Waals surface area contributed by atoms with Crippen LogP contribution >= 0.6 is 17.0 Å². The van der Waals surface area contributed by atoms with Gasteiger partial charge in [-0.05, 0) is 43.2 Å². The second kappa shape index (κ2) is 8.70. The molecule has 1 fully saturated rings. The normalized spacial score (nSPS) is 14.8. The summed E-state index contributed by atoms with van der Waals surface area (Å²) in [6, 6.07) is 4.59. The van der Waals surface area contributed by atoms with Gasteiger partial charge in [0.2, 0.25) is 0 Å². The molecule has 0 radical (unpaired) electrons. The van der Waals surface area contributed by atoms with E-state index in [2.05, 4.69) is 38.8 Å². The van der Waals surface area contributed by atoms with Gasteiger partial charge in [0, 0.05) is 17.3 Å². The Kier molecular flexibility index (Phi) is 7.95. The van der Waals surface area contributed by atoms with Crippen molar-refractivity contribution in [2.45, 2.75) is 58.4 Å². The van der Waals surface area contributed by atoms with Crippen LogP contribution in [0.3, 0.4) is 0 Å². The zero-order valence-electron chi connectivity index (χ0n) is 13.1. The number of aromatic hydroxyl groups is 1. The number of benzene rings is 1. The molecule has 0 aromatic heterocycles. The van der Waals surface area contributed by atoms with E-state index in [0.717, 1.165) is 17.5 Å². The van der Waals surface area contributed by atoms with E-state index in [0.29, 0.717) is 11.8 Å². The van der Waals surface area contributed by atoms with Gasteiger partial charge in [0.25, 0.3) is 0 Å². The minimum absolute atomic E-state index is 0.00171. The third kappa shape index (κ3) is 6.04. The van der Waals surface area contributed by atoms with E-state index in [1.54, 1.807) is 0 Å². The Morgan fingerprint density at radius 1 is 1.38 bits per heavy atom. The maximum atomic E-state index is 10.4. The average molecular weight is 407 g/mol. The topological polar surface area (TPSA) is 32.6 Å². The molecule has 0 aliphatic heterocycles. The van der Waals surface area contributed by atoms with E-state index >= 15 is 0 Å². The molecular formula is C16H23Cl2NOZr. The van der Waals surface area contributed by atoms with E-state index in [9.17, 15) is 5.11 Å². The predicted molar refractivity (Wildman–Crippen MR) is 88.5 cm³/mol. The van der Waals surface area contributed by atoms with Gasteiger partial charge in [-0.15, -0.1) is 0 Å². The molecule has 0 atom stereocenters. The van der Waals surface area contributed by atoms with Gasteiger partial charge in [-0.1, -0.05) is 26.8 Å². The van der Waals surface area contributed by atoms with Crippen LogP contribution in [0.4, 0.5) is 0 Å². The quantitative estimate of drug-likeness (QED) is 0.671. The standard InChI is InChI=1S/C16H23NO.2ClH.Zr/c1-5-16(3,4)14-9-11(2)8-12(15(14)18)10-17-13-6-7-13;;;/h8-10,13,18H,5-7H2,1-4H3;2*1H;/q;;;+2/p-2. The van der Waals surface area contributed by atoms with Gasteiger partial charge in [0.15, 0.2) is 0 Å². The first-order valence-corrected chi connectivity index (χ1v) is 13.5. The number of aliphatic imine (C=N–C) groups is 1. The van der Waals surface area contributed by atoms with Gasteiger partial charge >= 0.3 is 37.9 Å². The number of hydrogen-bond donors (Lipinski definition) is 1. The number of halogens is 2. The molecule has 0 unspecified atom stereocenters. The molecular weight excluding hydrogens is 384 g/mol. The van der Waals surface area contributed by atoms with Crippen molar-refractivity contribution in [3.05, 3.63) is 28.8 Å². The zero-order valence-corrected chi connectivity index (χ0v) is 17.1. The van der Waals surface area contributed by atoms with Crippen LogP contribution in [0.1, 0.15) is 56.7 Å². The fourth-order valence-electron chi connectivity index (χ4n) is 2.02. The fourth-order valence-corrected chi connectivity index (χ4v) is 2.02. The molecule has 1 aliphatic rings. The van der Waals surface area contributed by atoms with Crippen LogP contribution in [-0.4, -0.2) is 17.4 Å². The molecule has 0 spiro atoms. The van der Waals surface area contributed by atoms with Crippen LogP contribution < -0.4 is 0 Å². The van der Waals surface area contributed by atoms with Crippen LogP contribution in [0.2, 0.25) is 0 Å². The summed E-state index contributed by atoms with van der Waals surface area (Å²) in [5, 5.41) is 10.4. The molecule has 116 valence electrons. The van der Waals surface area contributed by atoms with Crippen molar-refractivity contribution in [2.24, 2.45) is 4.99 Å². The fraction of sp³-hybridized carbons (Fsp3) is 0.562. The average Bonchev–Trinajstić information content (AvgIpc) is 3.24. The molecule has 0 heterocycles. The molecule has 5 heteroatoms. The van der Waals surface area contributed by atoms with Crippen molar-refractivity contribution >= 4 is 23.2 Å². The molecule has 21 heavy (non-hydrogen) atoms. The SMILES string of the molecule is CCC(C)(C)c1cc(C)cc(C=NC2CC2)c1O.[Cl][Zr][Cl]. The third-order valence-electron chi connectivity index (χ3n) is 3.87.